The summed E-state index contributed by atoms with van der Waals surface area (Å²) in [6, 6.07) is 16.5. The van der Waals surface area contributed by atoms with Crippen molar-refractivity contribution in [2.24, 2.45) is 5.73 Å². The van der Waals surface area contributed by atoms with Crippen molar-refractivity contribution in [3.63, 3.8) is 0 Å². The minimum atomic E-state index is -0.532. The molecule has 1 saturated heterocycles. The second-order valence-electron chi connectivity index (χ2n) is 8.08. The fraction of sp³-hybridized carbons (Fsp3) is 0.346. The predicted molar refractivity (Wildman–Crippen MR) is 128 cm³/mol. The molecule has 7 heteroatoms. The maximum absolute atomic E-state index is 13.0. The quantitative estimate of drug-likeness (QED) is 0.596. The Morgan fingerprint density at radius 3 is 2.33 bits per heavy atom. The molecule has 174 valence electrons. The van der Waals surface area contributed by atoms with E-state index in [0.29, 0.717) is 30.9 Å². The highest BCUT2D eigenvalue weighted by Crippen LogP contribution is 2.20. The van der Waals surface area contributed by atoms with Gasteiger partial charge in [0.25, 0.3) is 11.8 Å². The van der Waals surface area contributed by atoms with E-state index in [2.05, 4.69) is 6.92 Å². The van der Waals surface area contributed by atoms with E-state index in [4.69, 9.17) is 10.5 Å². The summed E-state index contributed by atoms with van der Waals surface area (Å²) < 4.78 is 5.25. The highest BCUT2D eigenvalue weighted by Gasteiger charge is 2.28. The number of nitrogens with zero attached hydrogens (tertiary/aromatic N) is 2. The topological polar surface area (TPSA) is 92.9 Å². The van der Waals surface area contributed by atoms with Crippen LogP contribution in [0.25, 0.3) is 6.08 Å². The molecule has 33 heavy (non-hydrogen) atoms. The van der Waals surface area contributed by atoms with Gasteiger partial charge in [0.05, 0.1) is 0 Å². The van der Waals surface area contributed by atoms with Crippen molar-refractivity contribution in [3.05, 3.63) is 71.8 Å². The molecule has 3 amide bonds. The molecule has 0 aromatic heterocycles. The molecule has 0 saturated carbocycles. The standard InChI is InChI=1S/C26H31N3O4/c1-2-16-29(22-14-17-28(18-15-22)26(32)21-6-4-3-5-7-21)25(31)13-10-20-8-11-23(12-9-20)33-19-24(27)30/h3-13,22H,2,14-19H2,1H3,(H2,27,30)/b13-10+. The molecule has 1 heterocycles. The lowest BCUT2D eigenvalue weighted by Crippen LogP contribution is -2.48. The lowest BCUT2D eigenvalue weighted by molar-refractivity contribution is -0.129. The molecule has 3 rings (SSSR count). The Bertz CT molecular complexity index is 965. The van der Waals surface area contributed by atoms with Crippen molar-refractivity contribution in [1.82, 2.24) is 9.80 Å². The van der Waals surface area contributed by atoms with E-state index in [1.165, 1.54) is 0 Å². The van der Waals surface area contributed by atoms with Crippen molar-refractivity contribution in [3.8, 4) is 5.75 Å². The van der Waals surface area contributed by atoms with Crippen LogP contribution in [0.3, 0.4) is 0 Å². The number of hydrogen-bond donors (Lipinski definition) is 1. The highest BCUT2D eigenvalue weighted by atomic mass is 16.5. The Kier molecular flexibility index (Phi) is 8.63. The van der Waals surface area contributed by atoms with Gasteiger partial charge in [-0.2, -0.15) is 0 Å². The molecule has 0 radical (unpaired) electrons. The van der Waals surface area contributed by atoms with Gasteiger partial charge in [0.15, 0.2) is 6.61 Å². The van der Waals surface area contributed by atoms with E-state index in [-0.39, 0.29) is 24.5 Å². The van der Waals surface area contributed by atoms with Crippen LogP contribution in [-0.2, 0) is 9.59 Å². The van der Waals surface area contributed by atoms with Crippen LogP contribution in [0.5, 0.6) is 5.75 Å². The molecule has 0 unspecified atom stereocenters. The number of carbonyl (C=O) groups is 3. The Balaban J connectivity index is 1.56. The number of benzene rings is 2. The minimum absolute atomic E-state index is 0.0289. The van der Waals surface area contributed by atoms with Crippen LogP contribution >= 0.6 is 0 Å². The Hall–Kier alpha value is -3.61. The molecular formula is C26H31N3O4. The van der Waals surface area contributed by atoms with Gasteiger partial charge in [-0.3, -0.25) is 14.4 Å². The summed E-state index contributed by atoms with van der Waals surface area (Å²) in [5.41, 5.74) is 6.63. The Labute approximate surface area is 194 Å². The van der Waals surface area contributed by atoms with Crippen LogP contribution < -0.4 is 10.5 Å². The lowest BCUT2D eigenvalue weighted by Gasteiger charge is -2.38. The molecule has 2 aromatic rings. The Morgan fingerprint density at radius 2 is 1.73 bits per heavy atom. The van der Waals surface area contributed by atoms with Gasteiger partial charge in [0.2, 0.25) is 5.91 Å². The van der Waals surface area contributed by atoms with Crippen molar-refractivity contribution in [1.29, 1.82) is 0 Å². The van der Waals surface area contributed by atoms with Crippen LogP contribution in [0.1, 0.15) is 42.1 Å². The van der Waals surface area contributed by atoms with Crippen molar-refractivity contribution >= 4 is 23.8 Å². The fourth-order valence-corrected chi connectivity index (χ4v) is 3.95. The number of ether oxygens (including phenoxy) is 1. The summed E-state index contributed by atoms with van der Waals surface area (Å²) in [7, 11) is 0. The van der Waals surface area contributed by atoms with Gasteiger partial charge in [-0.15, -0.1) is 0 Å². The van der Waals surface area contributed by atoms with Crippen LogP contribution in [0.4, 0.5) is 0 Å². The fourth-order valence-electron chi connectivity index (χ4n) is 3.95. The molecule has 1 aliphatic heterocycles. The first-order valence-corrected chi connectivity index (χ1v) is 11.3. The number of hydrogen-bond acceptors (Lipinski definition) is 4. The average molecular weight is 450 g/mol. The van der Waals surface area contributed by atoms with Gasteiger partial charge in [-0.25, -0.2) is 0 Å². The first-order chi connectivity index (χ1) is 16.0. The Morgan fingerprint density at radius 1 is 1.06 bits per heavy atom. The zero-order valence-electron chi connectivity index (χ0n) is 19.0. The molecule has 2 aromatic carbocycles. The first-order valence-electron chi connectivity index (χ1n) is 11.3. The first kappa shape index (κ1) is 24.0. The summed E-state index contributed by atoms with van der Waals surface area (Å²) in [5, 5.41) is 0. The number of nitrogens with two attached hydrogens (primary N) is 1. The molecule has 0 bridgehead atoms. The number of likely N-dealkylation sites (tertiary alicyclic amines) is 1. The van der Waals surface area contributed by atoms with Gasteiger partial charge < -0.3 is 20.3 Å². The van der Waals surface area contributed by atoms with Crippen LogP contribution in [0.15, 0.2) is 60.7 Å². The zero-order valence-corrected chi connectivity index (χ0v) is 19.0. The van der Waals surface area contributed by atoms with Gasteiger partial charge in [0.1, 0.15) is 5.75 Å². The largest absolute Gasteiger partial charge is 0.484 e. The molecule has 0 spiro atoms. The predicted octanol–water partition coefficient (Wildman–Crippen LogP) is 3.11. The van der Waals surface area contributed by atoms with Crippen LogP contribution in [0, 0.1) is 0 Å². The number of piperidine rings is 1. The summed E-state index contributed by atoms with van der Waals surface area (Å²) in [4.78, 5) is 40.3. The second-order valence-corrected chi connectivity index (χ2v) is 8.08. The van der Waals surface area contributed by atoms with E-state index >= 15 is 0 Å². The highest BCUT2D eigenvalue weighted by molar-refractivity contribution is 5.94. The van der Waals surface area contributed by atoms with Gasteiger partial charge in [-0.05, 0) is 55.2 Å². The van der Waals surface area contributed by atoms with Gasteiger partial charge >= 0.3 is 0 Å². The lowest BCUT2D eigenvalue weighted by atomic mass is 10.0. The van der Waals surface area contributed by atoms with Crippen molar-refractivity contribution in [2.75, 3.05) is 26.2 Å². The van der Waals surface area contributed by atoms with E-state index in [1.807, 2.05) is 52.3 Å². The number of amides is 3. The smallest absolute Gasteiger partial charge is 0.255 e. The van der Waals surface area contributed by atoms with E-state index in [9.17, 15) is 14.4 Å². The summed E-state index contributed by atoms with van der Waals surface area (Å²) >= 11 is 0. The maximum Gasteiger partial charge on any atom is 0.255 e. The molecule has 2 N–H and O–H groups in total. The third-order valence-corrected chi connectivity index (χ3v) is 5.64. The second kappa shape index (κ2) is 11.9. The van der Waals surface area contributed by atoms with E-state index in [1.54, 1.807) is 24.3 Å². The number of rotatable bonds is 9. The normalized spacial score (nSPS) is 14.3. The van der Waals surface area contributed by atoms with Gasteiger partial charge in [0, 0.05) is 37.3 Å². The van der Waals surface area contributed by atoms with Crippen LogP contribution in [-0.4, -0.2) is 59.8 Å². The third kappa shape index (κ3) is 6.94. The third-order valence-electron chi connectivity index (χ3n) is 5.64. The minimum Gasteiger partial charge on any atom is -0.484 e. The monoisotopic (exact) mass is 449 g/mol. The molecule has 0 aliphatic carbocycles. The van der Waals surface area contributed by atoms with Gasteiger partial charge in [-0.1, -0.05) is 37.3 Å². The SMILES string of the molecule is CCCN(C(=O)/C=C/c1ccc(OCC(N)=O)cc1)C1CCN(C(=O)c2ccccc2)CC1. The zero-order chi connectivity index (χ0) is 23.6. The number of carbonyl (C=O) groups excluding carboxylic acids is 3. The molecule has 1 fully saturated rings. The molecule has 1 aliphatic rings. The summed E-state index contributed by atoms with van der Waals surface area (Å²) in [6.45, 7) is 3.85. The van der Waals surface area contributed by atoms with Crippen molar-refractivity contribution in [2.45, 2.75) is 32.2 Å². The molecule has 0 atom stereocenters. The molecular weight excluding hydrogens is 418 g/mol. The molecule has 7 nitrogen and oxygen atoms in total. The van der Waals surface area contributed by atoms with Crippen LogP contribution in [0.2, 0.25) is 0 Å². The summed E-state index contributed by atoms with van der Waals surface area (Å²) in [6.07, 6.45) is 5.77. The van der Waals surface area contributed by atoms with Crippen molar-refractivity contribution < 1.29 is 19.1 Å². The number of primary amides is 1. The maximum atomic E-state index is 13.0. The van der Waals surface area contributed by atoms with E-state index in [0.717, 1.165) is 24.8 Å². The van der Waals surface area contributed by atoms with E-state index < -0.39 is 5.91 Å². The summed E-state index contributed by atoms with van der Waals surface area (Å²) in [5.74, 6) is 0.0295. The average Bonchev–Trinajstić information content (AvgIpc) is 2.85.